The van der Waals surface area contributed by atoms with Crippen LogP contribution < -0.4 is 0 Å². The van der Waals surface area contributed by atoms with E-state index in [1.54, 1.807) is 6.16 Å². The van der Waals surface area contributed by atoms with Crippen molar-refractivity contribution in [3.63, 3.8) is 0 Å². The van der Waals surface area contributed by atoms with Gasteiger partial charge in [-0.25, -0.2) is 0 Å². The van der Waals surface area contributed by atoms with Gasteiger partial charge in [-0.1, -0.05) is 0 Å². The van der Waals surface area contributed by atoms with E-state index in [0.717, 1.165) is 6.04 Å². The molecule has 0 saturated carbocycles. The molecule has 2 saturated heterocycles. The number of fused-ring (bicyclic) bond motifs is 1. The first-order valence-electron chi connectivity index (χ1n) is 3.82. The standard InChI is InChI=1S/C7H14NP/c1-6(2)8-4-3-7-5-9(7)8/h6-7H,3-5H2,1-2H3. The maximum absolute atomic E-state index is 2.71. The maximum Gasteiger partial charge on any atom is 0.00775 e. The van der Waals surface area contributed by atoms with Crippen molar-refractivity contribution in [1.82, 2.24) is 4.67 Å². The molecule has 2 aliphatic rings. The van der Waals surface area contributed by atoms with Gasteiger partial charge in [-0.15, -0.1) is 0 Å². The van der Waals surface area contributed by atoms with Crippen LogP contribution in [0, 0.1) is 0 Å². The Hall–Kier alpha value is 0.390. The molecule has 2 unspecified atom stereocenters. The zero-order chi connectivity index (χ0) is 6.43. The van der Waals surface area contributed by atoms with Crippen molar-refractivity contribution < 1.29 is 0 Å². The Bertz CT molecular complexity index is 124. The first-order valence-corrected chi connectivity index (χ1v) is 5.37. The van der Waals surface area contributed by atoms with E-state index in [1.165, 1.54) is 18.6 Å². The molecule has 0 radical (unpaired) electrons. The minimum absolute atomic E-state index is 0.432. The summed E-state index contributed by atoms with van der Waals surface area (Å²) < 4.78 is 2.71. The van der Waals surface area contributed by atoms with Gasteiger partial charge in [0.2, 0.25) is 0 Å². The SMILES string of the molecule is CC(C)N1CCC2CP21. The van der Waals surface area contributed by atoms with Crippen molar-refractivity contribution in [1.29, 1.82) is 0 Å². The first-order chi connectivity index (χ1) is 4.29. The van der Waals surface area contributed by atoms with Gasteiger partial charge in [-0.3, -0.25) is 4.67 Å². The summed E-state index contributed by atoms with van der Waals surface area (Å²) in [5.41, 5.74) is 1.17. The van der Waals surface area contributed by atoms with Gasteiger partial charge >= 0.3 is 0 Å². The summed E-state index contributed by atoms with van der Waals surface area (Å²) in [5.74, 6) is 0. The van der Waals surface area contributed by atoms with Crippen molar-refractivity contribution in [2.24, 2.45) is 0 Å². The third kappa shape index (κ3) is 0.911. The van der Waals surface area contributed by atoms with Crippen LogP contribution in [0.15, 0.2) is 0 Å². The summed E-state index contributed by atoms with van der Waals surface area (Å²) in [5, 5.41) is 0. The highest BCUT2D eigenvalue weighted by molar-refractivity contribution is 7.64. The van der Waals surface area contributed by atoms with E-state index < -0.39 is 0 Å². The molecule has 0 N–H and O–H groups in total. The molecule has 2 fully saturated rings. The predicted molar refractivity (Wildman–Crippen MR) is 42.0 cm³/mol. The highest BCUT2D eigenvalue weighted by Gasteiger charge is 2.47. The van der Waals surface area contributed by atoms with E-state index in [-0.39, 0.29) is 0 Å². The Morgan fingerprint density at radius 3 is 2.56 bits per heavy atom. The topological polar surface area (TPSA) is 3.24 Å². The molecule has 2 heteroatoms. The molecule has 0 aromatic carbocycles. The van der Waals surface area contributed by atoms with Crippen molar-refractivity contribution in [3.8, 4) is 0 Å². The molecule has 0 aromatic heterocycles. The molecule has 1 nitrogen and oxygen atoms in total. The Labute approximate surface area is 58.2 Å². The van der Waals surface area contributed by atoms with Crippen molar-refractivity contribution in [2.45, 2.75) is 32.0 Å². The average Bonchev–Trinajstić information content (AvgIpc) is 2.43. The van der Waals surface area contributed by atoms with E-state index >= 15 is 0 Å². The minimum atomic E-state index is 0.432. The minimum Gasteiger partial charge on any atom is -0.279 e. The van der Waals surface area contributed by atoms with Gasteiger partial charge in [0.15, 0.2) is 0 Å². The smallest absolute Gasteiger partial charge is 0.00775 e. The highest BCUT2D eigenvalue weighted by Crippen LogP contribution is 2.67. The summed E-state index contributed by atoms with van der Waals surface area (Å²) in [7, 11) is 0.432. The van der Waals surface area contributed by atoms with Gasteiger partial charge in [0.1, 0.15) is 0 Å². The molecule has 0 bridgehead atoms. The second-order valence-corrected chi connectivity index (χ2v) is 5.81. The van der Waals surface area contributed by atoms with E-state index in [9.17, 15) is 0 Å². The van der Waals surface area contributed by atoms with Crippen molar-refractivity contribution in [2.75, 3.05) is 12.7 Å². The number of rotatable bonds is 1. The lowest BCUT2D eigenvalue weighted by Crippen LogP contribution is -2.21. The lowest BCUT2D eigenvalue weighted by molar-refractivity contribution is 0.400. The molecule has 0 spiro atoms. The fourth-order valence-electron chi connectivity index (χ4n) is 1.69. The molecule has 0 amide bonds. The van der Waals surface area contributed by atoms with Crippen LogP contribution in [0.4, 0.5) is 0 Å². The van der Waals surface area contributed by atoms with Gasteiger partial charge in [0, 0.05) is 12.6 Å². The van der Waals surface area contributed by atoms with Crippen molar-refractivity contribution in [3.05, 3.63) is 0 Å². The molecule has 0 aliphatic carbocycles. The van der Waals surface area contributed by atoms with E-state index in [4.69, 9.17) is 0 Å². The second kappa shape index (κ2) is 1.93. The number of hydrogen-bond donors (Lipinski definition) is 0. The molecule has 2 aliphatic heterocycles. The fourth-order valence-corrected chi connectivity index (χ4v) is 4.44. The van der Waals surface area contributed by atoms with Crippen LogP contribution in [0.25, 0.3) is 0 Å². The van der Waals surface area contributed by atoms with Crippen LogP contribution in [-0.4, -0.2) is 29.1 Å². The molecule has 52 valence electrons. The van der Waals surface area contributed by atoms with Crippen LogP contribution in [0.5, 0.6) is 0 Å². The van der Waals surface area contributed by atoms with Crippen LogP contribution in [0.3, 0.4) is 0 Å². The molecule has 9 heavy (non-hydrogen) atoms. The summed E-state index contributed by atoms with van der Waals surface area (Å²) in [6, 6.07) is 0.823. The summed E-state index contributed by atoms with van der Waals surface area (Å²) in [6.45, 7) is 6.04. The second-order valence-electron chi connectivity index (χ2n) is 3.32. The quantitative estimate of drug-likeness (QED) is 0.506. The van der Waals surface area contributed by atoms with Gasteiger partial charge in [0.05, 0.1) is 0 Å². The molecular weight excluding hydrogens is 129 g/mol. The van der Waals surface area contributed by atoms with Crippen LogP contribution in [0.2, 0.25) is 0 Å². The van der Waals surface area contributed by atoms with Crippen molar-refractivity contribution >= 4 is 8.07 Å². The Morgan fingerprint density at radius 2 is 2.33 bits per heavy atom. The molecular formula is C7H14NP. The van der Waals surface area contributed by atoms with Gasteiger partial charge in [-0.2, -0.15) is 0 Å². The molecule has 2 heterocycles. The van der Waals surface area contributed by atoms with E-state index in [0.29, 0.717) is 8.07 Å². The summed E-state index contributed by atoms with van der Waals surface area (Å²) in [6.07, 6.45) is 3.07. The average molecular weight is 143 g/mol. The fraction of sp³-hybridized carbons (Fsp3) is 1.00. The maximum atomic E-state index is 2.71. The summed E-state index contributed by atoms with van der Waals surface area (Å²) in [4.78, 5) is 0. The van der Waals surface area contributed by atoms with E-state index in [2.05, 4.69) is 18.5 Å². The lowest BCUT2D eigenvalue weighted by Gasteiger charge is -2.21. The highest BCUT2D eigenvalue weighted by atomic mass is 31.1. The zero-order valence-electron chi connectivity index (χ0n) is 6.17. The Morgan fingerprint density at radius 1 is 1.56 bits per heavy atom. The third-order valence-electron chi connectivity index (χ3n) is 2.30. The van der Waals surface area contributed by atoms with Gasteiger partial charge in [0.25, 0.3) is 0 Å². The largest absolute Gasteiger partial charge is 0.279 e. The third-order valence-corrected chi connectivity index (χ3v) is 5.25. The monoisotopic (exact) mass is 143 g/mol. The Kier molecular flexibility index (Phi) is 1.32. The number of nitrogens with zero attached hydrogens (tertiary/aromatic N) is 1. The predicted octanol–water partition coefficient (Wildman–Crippen LogP) is 1.88. The molecule has 2 rings (SSSR count). The van der Waals surface area contributed by atoms with Gasteiger partial charge < -0.3 is 0 Å². The van der Waals surface area contributed by atoms with Gasteiger partial charge in [-0.05, 0) is 40.2 Å². The normalized spacial score (nSPS) is 41.7. The first kappa shape index (κ1) is 6.12. The summed E-state index contributed by atoms with van der Waals surface area (Å²) >= 11 is 0. The van der Waals surface area contributed by atoms with Crippen LogP contribution >= 0.6 is 8.07 Å². The number of hydrogen-bond acceptors (Lipinski definition) is 1. The van der Waals surface area contributed by atoms with Crippen LogP contribution in [0.1, 0.15) is 20.3 Å². The zero-order valence-corrected chi connectivity index (χ0v) is 7.06. The molecule has 0 aromatic rings. The molecule has 2 atom stereocenters. The lowest BCUT2D eigenvalue weighted by atomic mass is 10.3. The Balaban J connectivity index is 1.98. The van der Waals surface area contributed by atoms with Crippen LogP contribution in [-0.2, 0) is 0 Å². The van der Waals surface area contributed by atoms with E-state index in [1.807, 2.05) is 0 Å².